The number of carbonyl (C=O) groups excluding carboxylic acids is 1. The molecule has 5 nitrogen and oxygen atoms in total. The van der Waals surface area contributed by atoms with Gasteiger partial charge in [-0.3, -0.25) is 9.78 Å². The topological polar surface area (TPSA) is 83.0 Å². The first kappa shape index (κ1) is 13.8. The second kappa shape index (κ2) is 4.80. The van der Waals surface area contributed by atoms with E-state index in [1.54, 1.807) is 0 Å². The van der Waals surface area contributed by atoms with E-state index < -0.39 is 29.2 Å². The monoisotopic (exact) mass is 284 g/mol. The predicted molar refractivity (Wildman–Crippen MR) is 60.4 cm³/mol. The number of carboxylic acids is 1. The Balaban J connectivity index is 2.46. The number of H-pyrrole nitrogens is 1. The zero-order chi connectivity index (χ0) is 14.9. The minimum Gasteiger partial charge on any atom is -0.477 e. The number of rotatable bonds is 3. The Morgan fingerprint density at radius 1 is 1.30 bits per heavy atom. The SMILES string of the molecule is O=C(O)c1cc(C(=O)c2cccnc2C(F)(F)F)c[nH]1. The van der Waals surface area contributed by atoms with Gasteiger partial charge < -0.3 is 10.1 Å². The summed E-state index contributed by atoms with van der Waals surface area (Å²) in [6, 6.07) is 3.16. The fourth-order valence-corrected chi connectivity index (χ4v) is 1.62. The first-order chi connectivity index (χ1) is 9.30. The van der Waals surface area contributed by atoms with Crippen molar-refractivity contribution in [2.75, 3.05) is 0 Å². The van der Waals surface area contributed by atoms with Gasteiger partial charge in [0.25, 0.3) is 0 Å². The number of halogens is 3. The van der Waals surface area contributed by atoms with Crippen molar-refractivity contribution in [3.63, 3.8) is 0 Å². The van der Waals surface area contributed by atoms with Gasteiger partial charge in [0.15, 0.2) is 11.5 Å². The molecule has 0 bridgehead atoms. The van der Waals surface area contributed by atoms with Crippen LogP contribution in [0.1, 0.15) is 32.1 Å². The van der Waals surface area contributed by atoms with Crippen LogP contribution >= 0.6 is 0 Å². The molecule has 0 unspecified atom stereocenters. The van der Waals surface area contributed by atoms with E-state index in [0.29, 0.717) is 0 Å². The summed E-state index contributed by atoms with van der Waals surface area (Å²) in [4.78, 5) is 28.1. The average Bonchev–Trinajstić information content (AvgIpc) is 2.86. The van der Waals surface area contributed by atoms with Crippen LogP contribution < -0.4 is 0 Å². The Morgan fingerprint density at radius 3 is 2.55 bits per heavy atom. The summed E-state index contributed by atoms with van der Waals surface area (Å²) in [5.41, 5.74) is -2.40. The minimum atomic E-state index is -4.77. The van der Waals surface area contributed by atoms with Gasteiger partial charge in [0.2, 0.25) is 0 Å². The maximum absolute atomic E-state index is 12.7. The van der Waals surface area contributed by atoms with Gasteiger partial charge in [-0.1, -0.05) is 0 Å². The van der Waals surface area contributed by atoms with E-state index in [2.05, 4.69) is 9.97 Å². The van der Waals surface area contributed by atoms with E-state index in [4.69, 9.17) is 5.11 Å². The molecule has 2 aromatic heterocycles. The fourth-order valence-electron chi connectivity index (χ4n) is 1.62. The van der Waals surface area contributed by atoms with E-state index in [-0.39, 0.29) is 11.3 Å². The highest BCUT2D eigenvalue weighted by atomic mass is 19.4. The van der Waals surface area contributed by atoms with Crippen molar-refractivity contribution in [1.82, 2.24) is 9.97 Å². The fraction of sp³-hybridized carbons (Fsp3) is 0.0833. The maximum Gasteiger partial charge on any atom is 0.434 e. The molecule has 2 N–H and O–H groups in total. The quantitative estimate of drug-likeness (QED) is 0.847. The highest BCUT2D eigenvalue weighted by Crippen LogP contribution is 2.31. The molecule has 0 saturated carbocycles. The van der Waals surface area contributed by atoms with E-state index in [0.717, 1.165) is 24.5 Å². The van der Waals surface area contributed by atoms with Gasteiger partial charge in [-0.05, 0) is 18.2 Å². The Bertz CT molecular complexity index is 677. The summed E-state index contributed by atoms with van der Waals surface area (Å²) >= 11 is 0. The molecule has 0 aliphatic rings. The van der Waals surface area contributed by atoms with Crippen molar-refractivity contribution in [2.24, 2.45) is 0 Å². The third-order valence-electron chi connectivity index (χ3n) is 2.50. The standard InChI is InChI=1S/C12H7F3N2O3/c13-12(14,15)10-7(2-1-3-16-10)9(18)6-4-8(11(19)20)17-5-6/h1-5,17H,(H,19,20). The van der Waals surface area contributed by atoms with Crippen LogP contribution in [0.15, 0.2) is 30.6 Å². The number of nitrogens with zero attached hydrogens (tertiary/aromatic N) is 1. The lowest BCUT2D eigenvalue weighted by Gasteiger charge is -2.09. The number of aromatic nitrogens is 2. The van der Waals surface area contributed by atoms with Gasteiger partial charge in [-0.2, -0.15) is 13.2 Å². The molecule has 0 saturated heterocycles. The summed E-state index contributed by atoms with van der Waals surface area (Å²) in [6.45, 7) is 0. The van der Waals surface area contributed by atoms with E-state index >= 15 is 0 Å². The van der Waals surface area contributed by atoms with Gasteiger partial charge in [0.05, 0.1) is 5.56 Å². The van der Waals surface area contributed by atoms with Crippen LogP contribution in [0.25, 0.3) is 0 Å². The smallest absolute Gasteiger partial charge is 0.434 e. The molecule has 0 spiro atoms. The second-order valence-corrected chi connectivity index (χ2v) is 3.83. The number of hydrogen-bond acceptors (Lipinski definition) is 3. The zero-order valence-electron chi connectivity index (χ0n) is 9.73. The van der Waals surface area contributed by atoms with Crippen LogP contribution in [0.2, 0.25) is 0 Å². The molecule has 2 rings (SSSR count). The van der Waals surface area contributed by atoms with Crippen molar-refractivity contribution in [2.45, 2.75) is 6.18 Å². The summed E-state index contributed by atoms with van der Waals surface area (Å²) in [5.74, 6) is -2.26. The first-order valence-corrected chi connectivity index (χ1v) is 5.29. The molecule has 2 heterocycles. The van der Waals surface area contributed by atoms with Gasteiger partial charge in [0, 0.05) is 18.0 Å². The van der Waals surface area contributed by atoms with E-state index in [1.807, 2.05) is 0 Å². The molecule has 104 valence electrons. The number of hydrogen-bond donors (Lipinski definition) is 2. The molecule has 0 radical (unpaired) electrons. The number of nitrogens with one attached hydrogen (secondary N) is 1. The Hall–Kier alpha value is -2.64. The molecule has 0 atom stereocenters. The molecule has 0 aliphatic carbocycles. The lowest BCUT2D eigenvalue weighted by atomic mass is 10.0. The van der Waals surface area contributed by atoms with Crippen molar-refractivity contribution in [3.05, 3.63) is 53.1 Å². The molecule has 8 heteroatoms. The van der Waals surface area contributed by atoms with Crippen molar-refractivity contribution in [3.8, 4) is 0 Å². The molecule has 2 aromatic rings. The number of carbonyl (C=O) groups is 2. The Kier molecular flexibility index (Phi) is 3.31. The summed E-state index contributed by atoms with van der Waals surface area (Å²) in [7, 11) is 0. The maximum atomic E-state index is 12.7. The van der Waals surface area contributed by atoms with Crippen LogP contribution in [0.4, 0.5) is 13.2 Å². The van der Waals surface area contributed by atoms with Crippen LogP contribution in [-0.2, 0) is 6.18 Å². The summed E-state index contributed by atoms with van der Waals surface area (Å²) < 4.78 is 38.2. The molecular formula is C12H7F3N2O3. The number of aromatic amines is 1. The predicted octanol–water partition coefficient (Wildman–Crippen LogP) is 2.36. The number of ketones is 1. The number of alkyl halides is 3. The molecule has 0 aliphatic heterocycles. The van der Waals surface area contributed by atoms with Gasteiger partial charge >= 0.3 is 12.1 Å². The van der Waals surface area contributed by atoms with Crippen LogP contribution in [0, 0.1) is 0 Å². The lowest BCUT2D eigenvalue weighted by molar-refractivity contribution is -0.141. The lowest BCUT2D eigenvalue weighted by Crippen LogP contribution is -2.15. The minimum absolute atomic E-state index is 0.180. The highest BCUT2D eigenvalue weighted by Gasteiger charge is 2.37. The number of carboxylic acid groups (broad SMARTS) is 1. The molecule has 0 aromatic carbocycles. The van der Waals surface area contributed by atoms with E-state index in [9.17, 15) is 22.8 Å². The normalized spacial score (nSPS) is 11.3. The van der Waals surface area contributed by atoms with Crippen LogP contribution in [-0.4, -0.2) is 26.8 Å². The van der Waals surface area contributed by atoms with E-state index in [1.165, 1.54) is 6.07 Å². The summed E-state index contributed by atoms with van der Waals surface area (Å²) in [5, 5.41) is 8.70. The van der Waals surface area contributed by atoms with Crippen LogP contribution in [0.3, 0.4) is 0 Å². The third-order valence-corrected chi connectivity index (χ3v) is 2.50. The van der Waals surface area contributed by atoms with Gasteiger partial charge in [-0.25, -0.2) is 4.79 Å². The largest absolute Gasteiger partial charge is 0.477 e. The molecule has 0 fully saturated rings. The highest BCUT2D eigenvalue weighted by molar-refractivity contribution is 6.10. The molecule has 0 amide bonds. The first-order valence-electron chi connectivity index (χ1n) is 5.29. The van der Waals surface area contributed by atoms with Crippen molar-refractivity contribution >= 4 is 11.8 Å². The van der Waals surface area contributed by atoms with Crippen LogP contribution in [0.5, 0.6) is 0 Å². The summed E-state index contributed by atoms with van der Waals surface area (Å²) in [6.07, 6.45) is -2.80. The molecular weight excluding hydrogens is 277 g/mol. The van der Waals surface area contributed by atoms with Gasteiger partial charge in [0.1, 0.15) is 5.69 Å². The molecule has 20 heavy (non-hydrogen) atoms. The Labute approximate surface area is 110 Å². The Morgan fingerprint density at radius 2 is 2.00 bits per heavy atom. The second-order valence-electron chi connectivity index (χ2n) is 3.83. The number of aromatic carboxylic acids is 1. The average molecular weight is 284 g/mol. The number of pyridine rings is 1. The zero-order valence-corrected chi connectivity index (χ0v) is 9.73. The van der Waals surface area contributed by atoms with Crippen molar-refractivity contribution in [1.29, 1.82) is 0 Å². The van der Waals surface area contributed by atoms with Crippen molar-refractivity contribution < 1.29 is 27.9 Å². The van der Waals surface area contributed by atoms with Gasteiger partial charge in [-0.15, -0.1) is 0 Å². The third kappa shape index (κ3) is 2.53.